The molecule has 0 aliphatic carbocycles. The highest BCUT2D eigenvalue weighted by molar-refractivity contribution is 6.02. The fourth-order valence-electron chi connectivity index (χ4n) is 2.27. The van der Waals surface area contributed by atoms with Crippen LogP contribution in [0.15, 0.2) is 18.2 Å². The molecule has 0 spiro atoms. The molecule has 0 fully saturated rings. The van der Waals surface area contributed by atoms with Crippen LogP contribution >= 0.6 is 0 Å². The molecule has 0 aromatic heterocycles. The lowest BCUT2D eigenvalue weighted by Gasteiger charge is -2.29. The first-order chi connectivity index (χ1) is 12.2. The van der Waals surface area contributed by atoms with Crippen molar-refractivity contribution in [3.63, 3.8) is 0 Å². The third-order valence-corrected chi connectivity index (χ3v) is 3.30. The minimum atomic E-state index is -0.633. The molecule has 0 atom stereocenters. The van der Waals surface area contributed by atoms with Crippen molar-refractivity contribution in [2.45, 2.75) is 39.7 Å². The van der Waals surface area contributed by atoms with Gasteiger partial charge in [-0.05, 0) is 45.4 Å². The van der Waals surface area contributed by atoms with Crippen molar-refractivity contribution in [3.8, 4) is 5.75 Å². The van der Waals surface area contributed by atoms with Crippen molar-refractivity contribution in [1.82, 2.24) is 0 Å². The van der Waals surface area contributed by atoms with Crippen LogP contribution in [0.5, 0.6) is 5.75 Å². The summed E-state index contributed by atoms with van der Waals surface area (Å²) in [5.74, 6) is -0.415. The Balaban J connectivity index is 2.17. The number of nitrogens with zero attached hydrogens (tertiary/aromatic N) is 1. The number of benzene rings is 1. The van der Waals surface area contributed by atoms with Crippen molar-refractivity contribution in [2.24, 2.45) is 0 Å². The SMILES string of the molecule is CCCOC(=O)CN1C(=O)COc2ccc(NC(=O)OC(C)(C)C)cc21. The predicted octanol–water partition coefficient (Wildman–Crippen LogP) is 2.71. The molecule has 1 heterocycles. The highest BCUT2D eigenvalue weighted by Crippen LogP contribution is 2.34. The van der Waals surface area contributed by atoms with E-state index in [4.69, 9.17) is 14.2 Å². The van der Waals surface area contributed by atoms with Crippen LogP contribution in [0, 0.1) is 0 Å². The Bertz CT molecular complexity index is 695. The average molecular weight is 364 g/mol. The van der Waals surface area contributed by atoms with Crippen LogP contribution in [-0.4, -0.2) is 43.3 Å². The third-order valence-electron chi connectivity index (χ3n) is 3.30. The number of carbonyl (C=O) groups excluding carboxylic acids is 3. The van der Waals surface area contributed by atoms with Gasteiger partial charge in [0.25, 0.3) is 5.91 Å². The monoisotopic (exact) mass is 364 g/mol. The summed E-state index contributed by atoms with van der Waals surface area (Å²) in [6.07, 6.45) is 0.0815. The summed E-state index contributed by atoms with van der Waals surface area (Å²) in [6, 6.07) is 4.81. The molecule has 0 bridgehead atoms. The Morgan fingerprint density at radius 2 is 2.04 bits per heavy atom. The second-order valence-electron chi connectivity index (χ2n) is 6.80. The molecule has 1 aliphatic rings. The fraction of sp³-hybridized carbons (Fsp3) is 0.500. The number of fused-ring (bicyclic) bond motifs is 1. The van der Waals surface area contributed by atoms with Crippen LogP contribution in [-0.2, 0) is 19.1 Å². The van der Waals surface area contributed by atoms with Crippen molar-refractivity contribution in [1.29, 1.82) is 0 Å². The van der Waals surface area contributed by atoms with E-state index in [1.165, 1.54) is 4.90 Å². The van der Waals surface area contributed by atoms with Gasteiger partial charge < -0.3 is 14.2 Å². The largest absolute Gasteiger partial charge is 0.482 e. The van der Waals surface area contributed by atoms with Gasteiger partial charge in [0.15, 0.2) is 6.61 Å². The molecule has 2 amide bonds. The topological polar surface area (TPSA) is 94.2 Å². The molecule has 1 aromatic carbocycles. The van der Waals surface area contributed by atoms with E-state index in [0.29, 0.717) is 30.2 Å². The van der Waals surface area contributed by atoms with E-state index < -0.39 is 17.7 Å². The maximum Gasteiger partial charge on any atom is 0.412 e. The maximum atomic E-state index is 12.2. The molecule has 26 heavy (non-hydrogen) atoms. The average Bonchev–Trinajstić information content (AvgIpc) is 2.54. The van der Waals surface area contributed by atoms with Gasteiger partial charge in [0.1, 0.15) is 17.9 Å². The van der Waals surface area contributed by atoms with Crippen molar-refractivity contribution in [2.75, 3.05) is 30.0 Å². The first-order valence-electron chi connectivity index (χ1n) is 8.42. The van der Waals surface area contributed by atoms with Gasteiger partial charge in [0.2, 0.25) is 0 Å². The first kappa shape index (κ1) is 19.6. The van der Waals surface area contributed by atoms with Crippen molar-refractivity contribution in [3.05, 3.63) is 18.2 Å². The molecular weight excluding hydrogens is 340 g/mol. The smallest absolute Gasteiger partial charge is 0.412 e. The van der Waals surface area contributed by atoms with Crippen LogP contribution in [0.25, 0.3) is 0 Å². The lowest BCUT2D eigenvalue weighted by atomic mass is 10.2. The molecule has 0 radical (unpaired) electrons. The van der Waals surface area contributed by atoms with Gasteiger partial charge in [0.05, 0.1) is 12.3 Å². The second kappa shape index (κ2) is 8.07. The minimum Gasteiger partial charge on any atom is -0.482 e. The summed E-state index contributed by atoms with van der Waals surface area (Å²) < 4.78 is 15.6. The lowest BCUT2D eigenvalue weighted by molar-refractivity contribution is -0.143. The number of hydrogen-bond donors (Lipinski definition) is 1. The van der Waals surface area contributed by atoms with Crippen molar-refractivity contribution < 1.29 is 28.6 Å². The van der Waals surface area contributed by atoms with Crippen LogP contribution in [0.1, 0.15) is 34.1 Å². The molecule has 1 N–H and O–H groups in total. The van der Waals surface area contributed by atoms with Gasteiger partial charge >= 0.3 is 12.1 Å². The zero-order valence-electron chi connectivity index (χ0n) is 15.5. The summed E-state index contributed by atoms with van der Waals surface area (Å²) in [7, 11) is 0. The van der Waals surface area contributed by atoms with Crippen LogP contribution < -0.4 is 15.0 Å². The van der Waals surface area contributed by atoms with Crippen LogP contribution in [0.2, 0.25) is 0 Å². The van der Waals surface area contributed by atoms with Gasteiger partial charge in [0, 0.05) is 5.69 Å². The summed E-state index contributed by atoms with van der Waals surface area (Å²) >= 11 is 0. The van der Waals surface area contributed by atoms with Gasteiger partial charge in [-0.2, -0.15) is 0 Å². The molecule has 1 aromatic rings. The van der Waals surface area contributed by atoms with Gasteiger partial charge in [-0.15, -0.1) is 0 Å². The molecule has 2 rings (SSSR count). The summed E-state index contributed by atoms with van der Waals surface area (Å²) in [4.78, 5) is 37.3. The number of anilines is 2. The second-order valence-corrected chi connectivity index (χ2v) is 6.80. The molecule has 0 unspecified atom stereocenters. The zero-order chi connectivity index (χ0) is 19.3. The molecule has 142 valence electrons. The van der Waals surface area contributed by atoms with E-state index in [1.807, 2.05) is 6.92 Å². The first-order valence-corrected chi connectivity index (χ1v) is 8.42. The minimum absolute atomic E-state index is 0.160. The summed E-state index contributed by atoms with van der Waals surface area (Å²) in [5.41, 5.74) is 0.179. The Kier molecular flexibility index (Phi) is 6.07. The number of esters is 1. The zero-order valence-corrected chi connectivity index (χ0v) is 15.5. The van der Waals surface area contributed by atoms with E-state index in [1.54, 1.807) is 39.0 Å². The fourth-order valence-corrected chi connectivity index (χ4v) is 2.27. The molecule has 1 aliphatic heterocycles. The molecule has 0 saturated carbocycles. The third kappa shape index (κ3) is 5.37. The van der Waals surface area contributed by atoms with Crippen LogP contribution in [0.3, 0.4) is 0 Å². The lowest BCUT2D eigenvalue weighted by Crippen LogP contribution is -2.42. The number of amides is 2. The maximum absolute atomic E-state index is 12.2. The quantitative estimate of drug-likeness (QED) is 0.808. The van der Waals surface area contributed by atoms with Gasteiger partial charge in [-0.25, -0.2) is 4.79 Å². The highest BCUT2D eigenvalue weighted by Gasteiger charge is 2.28. The number of carbonyl (C=O) groups is 3. The van der Waals surface area contributed by atoms with Crippen molar-refractivity contribution >= 4 is 29.3 Å². The Hall–Kier alpha value is -2.77. The van der Waals surface area contributed by atoms with E-state index in [0.717, 1.165) is 0 Å². The molecule has 0 saturated heterocycles. The van der Waals surface area contributed by atoms with E-state index >= 15 is 0 Å². The predicted molar refractivity (Wildman–Crippen MR) is 95.4 cm³/mol. The summed E-state index contributed by atoms with van der Waals surface area (Å²) in [5, 5.41) is 2.60. The standard InChI is InChI=1S/C18H24N2O6/c1-5-8-24-16(22)10-20-13-9-12(19-17(23)26-18(2,3)4)6-7-14(13)25-11-15(20)21/h6-7,9H,5,8,10-11H2,1-4H3,(H,19,23). The Morgan fingerprint density at radius 1 is 1.31 bits per heavy atom. The molecular formula is C18H24N2O6. The number of hydrogen-bond acceptors (Lipinski definition) is 6. The Labute approximate surface area is 152 Å². The molecule has 8 nitrogen and oxygen atoms in total. The molecule has 8 heteroatoms. The highest BCUT2D eigenvalue weighted by atomic mass is 16.6. The normalized spacial score (nSPS) is 13.5. The number of ether oxygens (including phenoxy) is 3. The van der Waals surface area contributed by atoms with Gasteiger partial charge in [-0.1, -0.05) is 6.92 Å². The Morgan fingerprint density at radius 3 is 2.69 bits per heavy atom. The van der Waals surface area contributed by atoms with E-state index in [9.17, 15) is 14.4 Å². The van der Waals surface area contributed by atoms with E-state index in [2.05, 4.69) is 5.32 Å². The van der Waals surface area contributed by atoms with Crippen LogP contribution in [0.4, 0.5) is 16.2 Å². The number of nitrogens with one attached hydrogen (secondary N) is 1. The number of rotatable bonds is 5. The summed E-state index contributed by atoms with van der Waals surface area (Å²) in [6.45, 7) is 7.08. The van der Waals surface area contributed by atoms with E-state index in [-0.39, 0.29) is 19.1 Å². The van der Waals surface area contributed by atoms with Gasteiger partial charge in [-0.3, -0.25) is 19.8 Å².